The monoisotopic (exact) mass is 697 g/mol. The Morgan fingerprint density at radius 3 is 2.15 bits per heavy atom. The molecule has 0 aliphatic rings. The van der Waals surface area contributed by atoms with Gasteiger partial charge >= 0.3 is 6.09 Å². The first kappa shape index (κ1) is 44.2. The highest BCUT2D eigenvalue weighted by atomic mass is 32.2. The van der Waals surface area contributed by atoms with Crippen molar-refractivity contribution in [3.63, 3.8) is 0 Å². The van der Waals surface area contributed by atoms with Gasteiger partial charge in [-0.1, -0.05) is 0 Å². The summed E-state index contributed by atoms with van der Waals surface area (Å²) < 4.78 is 22.1. The highest BCUT2D eigenvalue weighted by Crippen LogP contribution is 2.20. The Morgan fingerprint density at radius 2 is 1.55 bits per heavy atom. The van der Waals surface area contributed by atoms with Crippen LogP contribution in [0.3, 0.4) is 0 Å². The third-order valence-corrected chi connectivity index (χ3v) is 7.63. The van der Waals surface area contributed by atoms with Crippen LogP contribution < -0.4 is 38.1 Å². The lowest BCUT2D eigenvalue weighted by Crippen LogP contribution is -2.54. The molecule has 5 amide bonds. The number of aliphatic hydroxyl groups excluding tert-OH is 2. The Bertz CT molecular complexity index is 975. The minimum Gasteiger partial charge on any atom is -0.443 e. The van der Waals surface area contributed by atoms with Crippen molar-refractivity contribution >= 4 is 41.5 Å². The molecule has 0 saturated heterocycles. The maximum absolute atomic E-state index is 12.6. The standard InChI is InChI=1S/C28H55N7O11S/c1-27(2,8-7-22(38)34-13-21(30)37)44-11-9-28(3,4)45-12-10-33-24(40)20(14-36)35-23(39)19(29)17-47-16-18(46-26(42)32-6)15-43-25(41)31-5/h18-20,25,31,36,41H,7-17,29H2,1-6H3,(H2,30,37)(H,32,42)(H,33,40)(H,34,38)(H,35,39)/t18-,19+,20+,25?/m1/s1. The van der Waals surface area contributed by atoms with E-state index in [0.29, 0.717) is 19.4 Å². The van der Waals surface area contributed by atoms with Gasteiger partial charge in [-0.2, -0.15) is 11.8 Å². The van der Waals surface area contributed by atoms with Crippen molar-refractivity contribution in [2.24, 2.45) is 11.5 Å². The number of amides is 5. The molecule has 0 aliphatic carbocycles. The molecule has 11 N–H and O–H groups in total. The number of carbonyl (C=O) groups is 5. The van der Waals surface area contributed by atoms with Crippen LogP contribution in [-0.2, 0) is 38.1 Å². The van der Waals surface area contributed by atoms with Crippen LogP contribution in [0.15, 0.2) is 0 Å². The van der Waals surface area contributed by atoms with E-state index < -0.39 is 66.2 Å². The number of nitrogens with one attached hydrogen (secondary N) is 5. The van der Waals surface area contributed by atoms with Crippen molar-refractivity contribution in [1.29, 1.82) is 0 Å². The quantitative estimate of drug-likeness (QED) is 0.0327. The smallest absolute Gasteiger partial charge is 0.407 e. The average Bonchev–Trinajstić information content (AvgIpc) is 3.01. The summed E-state index contributed by atoms with van der Waals surface area (Å²) in [6.07, 6.45) is -1.56. The molecular formula is C28H55N7O11S. The first-order valence-corrected chi connectivity index (χ1v) is 16.3. The fourth-order valence-corrected chi connectivity index (χ4v) is 4.48. The zero-order chi connectivity index (χ0) is 36.0. The molecule has 0 rings (SSSR count). The lowest BCUT2D eigenvalue weighted by Gasteiger charge is -2.30. The van der Waals surface area contributed by atoms with Crippen LogP contribution in [0.5, 0.6) is 0 Å². The molecule has 18 nitrogen and oxygen atoms in total. The summed E-state index contributed by atoms with van der Waals surface area (Å²) in [7, 11) is 2.87. The van der Waals surface area contributed by atoms with Gasteiger partial charge in [0.25, 0.3) is 0 Å². The molecule has 0 aromatic rings. The summed E-state index contributed by atoms with van der Waals surface area (Å²) in [6.45, 7) is 7.07. The van der Waals surface area contributed by atoms with Crippen LogP contribution in [0, 0.1) is 0 Å². The highest BCUT2D eigenvalue weighted by molar-refractivity contribution is 7.99. The van der Waals surface area contributed by atoms with Gasteiger partial charge < -0.3 is 61.9 Å². The van der Waals surface area contributed by atoms with Gasteiger partial charge in [-0.15, -0.1) is 0 Å². The first-order chi connectivity index (χ1) is 21.9. The van der Waals surface area contributed by atoms with E-state index in [4.69, 9.17) is 30.4 Å². The number of aliphatic hydroxyl groups is 2. The van der Waals surface area contributed by atoms with Crippen LogP contribution in [0.25, 0.3) is 0 Å². The molecular weight excluding hydrogens is 642 g/mol. The van der Waals surface area contributed by atoms with Gasteiger partial charge in [-0.25, -0.2) is 4.79 Å². The Hall–Kier alpha value is -2.78. The van der Waals surface area contributed by atoms with E-state index in [1.165, 1.54) is 25.9 Å². The fourth-order valence-electron chi connectivity index (χ4n) is 3.51. The van der Waals surface area contributed by atoms with Crippen LogP contribution >= 0.6 is 11.8 Å². The molecule has 0 saturated carbocycles. The van der Waals surface area contributed by atoms with E-state index >= 15 is 0 Å². The predicted molar refractivity (Wildman–Crippen MR) is 174 cm³/mol. The normalized spacial score (nSPS) is 14.3. The molecule has 0 bridgehead atoms. The Balaban J connectivity index is 4.51. The highest BCUT2D eigenvalue weighted by Gasteiger charge is 2.26. The van der Waals surface area contributed by atoms with Crippen molar-refractivity contribution in [3.8, 4) is 0 Å². The van der Waals surface area contributed by atoms with Crippen molar-refractivity contribution in [2.75, 3.05) is 65.1 Å². The summed E-state index contributed by atoms with van der Waals surface area (Å²) in [6, 6.07) is -2.28. The van der Waals surface area contributed by atoms with E-state index in [0.717, 1.165) is 0 Å². The largest absolute Gasteiger partial charge is 0.443 e. The Morgan fingerprint density at radius 1 is 0.915 bits per heavy atom. The van der Waals surface area contributed by atoms with Crippen LogP contribution in [-0.4, -0.2) is 141 Å². The third-order valence-electron chi connectivity index (χ3n) is 6.42. The van der Waals surface area contributed by atoms with Crippen LogP contribution in [0.4, 0.5) is 4.79 Å². The van der Waals surface area contributed by atoms with E-state index in [2.05, 4.69) is 26.6 Å². The van der Waals surface area contributed by atoms with E-state index in [-0.39, 0.29) is 50.1 Å². The fraction of sp³-hybridized carbons (Fsp3) is 0.821. The van der Waals surface area contributed by atoms with Gasteiger partial charge in [0, 0.05) is 31.5 Å². The minimum atomic E-state index is -1.25. The molecule has 0 radical (unpaired) electrons. The molecule has 0 heterocycles. The lowest BCUT2D eigenvalue weighted by atomic mass is 10.0. The maximum atomic E-state index is 12.6. The van der Waals surface area contributed by atoms with Gasteiger partial charge in [0.1, 0.15) is 12.1 Å². The van der Waals surface area contributed by atoms with E-state index in [1.807, 2.05) is 27.7 Å². The van der Waals surface area contributed by atoms with E-state index in [1.54, 1.807) is 0 Å². The van der Waals surface area contributed by atoms with Gasteiger partial charge in [0.05, 0.1) is 50.2 Å². The zero-order valence-electron chi connectivity index (χ0n) is 28.2. The number of hydrogen-bond donors (Lipinski definition) is 9. The van der Waals surface area contributed by atoms with Gasteiger partial charge in [-0.3, -0.25) is 24.5 Å². The summed E-state index contributed by atoms with van der Waals surface area (Å²) in [5.74, 6) is -1.88. The average molecular weight is 698 g/mol. The molecule has 0 aliphatic heterocycles. The van der Waals surface area contributed by atoms with Gasteiger partial charge in [-0.05, 0) is 47.6 Å². The molecule has 274 valence electrons. The minimum absolute atomic E-state index is 0.101. The van der Waals surface area contributed by atoms with Gasteiger partial charge in [0.2, 0.25) is 30.0 Å². The number of ether oxygens (including phenoxy) is 4. The summed E-state index contributed by atoms with van der Waals surface area (Å²) >= 11 is 1.19. The number of primary amides is 1. The number of carbonyl (C=O) groups excluding carboxylic acids is 5. The van der Waals surface area contributed by atoms with Crippen LogP contribution in [0.1, 0.15) is 47.0 Å². The lowest BCUT2D eigenvalue weighted by molar-refractivity contribution is -0.133. The molecule has 0 aromatic heterocycles. The van der Waals surface area contributed by atoms with Crippen LogP contribution in [0.2, 0.25) is 0 Å². The molecule has 19 heteroatoms. The Labute approximate surface area is 280 Å². The molecule has 0 aromatic carbocycles. The molecule has 4 atom stereocenters. The SMILES string of the molecule is CNC(=O)O[C@H](COC(O)NC)CSC[C@H](N)C(=O)N[C@@H](CO)C(=O)NCCOC(C)(C)CCOC(C)(C)CCC(=O)NCC(N)=O. The molecule has 0 fully saturated rings. The van der Waals surface area contributed by atoms with Crippen molar-refractivity contribution in [2.45, 2.75) is 82.8 Å². The van der Waals surface area contributed by atoms with Crippen molar-refractivity contribution in [3.05, 3.63) is 0 Å². The molecule has 0 spiro atoms. The number of hydrogen-bond acceptors (Lipinski definition) is 14. The maximum Gasteiger partial charge on any atom is 0.407 e. The number of alkyl carbamates (subject to hydrolysis) is 1. The summed E-state index contributed by atoms with van der Waals surface area (Å²) in [4.78, 5) is 59.3. The number of nitrogens with two attached hydrogens (primary N) is 2. The second kappa shape index (κ2) is 23.5. The van der Waals surface area contributed by atoms with E-state index in [9.17, 15) is 34.2 Å². The summed E-state index contributed by atoms with van der Waals surface area (Å²) in [5, 5.41) is 31.4. The first-order valence-electron chi connectivity index (χ1n) is 15.2. The van der Waals surface area contributed by atoms with Crippen molar-refractivity contribution in [1.82, 2.24) is 26.6 Å². The third kappa shape index (κ3) is 22.4. The Kier molecular flexibility index (Phi) is 22.1. The zero-order valence-corrected chi connectivity index (χ0v) is 29.0. The molecule has 1 unspecified atom stereocenters. The second-order valence-electron chi connectivity index (χ2n) is 11.6. The summed E-state index contributed by atoms with van der Waals surface area (Å²) in [5.41, 5.74) is 9.79. The van der Waals surface area contributed by atoms with Crippen molar-refractivity contribution < 1.29 is 53.1 Å². The topological polar surface area (TPSA) is 275 Å². The van der Waals surface area contributed by atoms with Gasteiger partial charge in [0.15, 0.2) is 0 Å². The number of thioether (sulfide) groups is 1. The number of rotatable bonds is 26. The predicted octanol–water partition coefficient (Wildman–Crippen LogP) is -2.76. The molecule has 47 heavy (non-hydrogen) atoms. The second-order valence-corrected chi connectivity index (χ2v) is 12.7.